The van der Waals surface area contributed by atoms with E-state index < -0.39 is 44.0 Å². The normalized spacial score (nSPS) is 11.7. The lowest BCUT2D eigenvalue weighted by molar-refractivity contribution is -0.156. The molecule has 15 nitrogen and oxygen atoms in total. The molecule has 0 spiro atoms. The first-order chi connectivity index (χ1) is 39.2. The van der Waals surface area contributed by atoms with Crippen molar-refractivity contribution in [2.45, 2.75) is 156 Å². The summed E-state index contributed by atoms with van der Waals surface area (Å²) < 4.78 is 110. The summed E-state index contributed by atoms with van der Waals surface area (Å²) in [6.45, 7) is 20.1. The minimum absolute atomic E-state index is 0. The number of anilines is 1. The molecule has 6 rings (SSSR count). The number of hydrogen-bond acceptors (Lipinski definition) is 14. The number of ether oxygens (including phenoxy) is 3. The number of aryl methyl sites for hydroxylation is 2. The molecule has 4 aromatic carbocycles. The zero-order valence-corrected chi connectivity index (χ0v) is 54.1. The van der Waals surface area contributed by atoms with Gasteiger partial charge < -0.3 is 27.9 Å². The lowest BCUT2D eigenvalue weighted by Crippen LogP contribution is -2.40. The molecule has 0 saturated heterocycles. The van der Waals surface area contributed by atoms with Gasteiger partial charge in [0.25, 0.3) is 0 Å². The van der Waals surface area contributed by atoms with Gasteiger partial charge in [-0.3, -0.25) is 14.4 Å². The fourth-order valence-corrected chi connectivity index (χ4v) is 10.3. The van der Waals surface area contributed by atoms with E-state index >= 15 is 0 Å². The Hall–Kier alpha value is -5.78. The molecular weight excluding hydrogens is 1240 g/mol. The molecule has 2 aromatic heterocycles. The number of halogens is 4. The van der Waals surface area contributed by atoms with Gasteiger partial charge in [0.2, 0.25) is 16.3 Å². The van der Waals surface area contributed by atoms with Crippen LogP contribution in [0.25, 0.3) is 21.9 Å². The Morgan fingerprint density at radius 2 is 1.00 bits per heavy atom. The van der Waals surface area contributed by atoms with Gasteiger partial charge in [-0.2, -0.15) is 17.5 Å². The Kier molecular flexibility index (Phi) is 29.7. The molecule has 0 N–H and O–H groups in total. The van der Waals surface area contributed by atoms with E-state index in [0.29, 0.717) is 97.4 Å². The summed E-state index contributed by atoms with van der Waals surface area (Å²) in [5, 5.41) is 1.10. The molecule has 6 aromatic rings. The van der Waals surface area contributed by atoms with Crippen molar-refractivity contribution < 1.29 is 72.2 Å². The van der Waals surface area contributed by atoms with E-state index in [1.807, 2.05) is 12.1 Å². The molecule has 0 fully saturated rings. The number of ketones is 2. The van der Waals surface area contributed by atoms with Crippen LogP contribution in [0.1, 0.15) is 175 Å². The second kappa shape index (κ2) is 34.4. The van der Waals surface area contributed by atoms with Crippen molar-refractivity contribution in [2.75, 3.05) is 49.7 Å². The molecule has 21 heteroatoms. The Morgan fingerprint density at radius 1 is 0.583 bits per heavy atom. The summed E-state index contributed by atoms with van der Waals surface area (Å²) in [5.41, 5.74) is 2.73. The number of aldehydes is 1. The number of rotatable bonds is 29. The molecule has 0 aliphatic carbocycles. The Labute approximate surface area is 511 Å². The molecule has 2 heterocycles. The average Bonchev–Trinajstić information content (AvgIpc) is 1.84. The van der Waals surface area contributed by atoms with Gasteiger partial charge >= 0.3 is 12.3 Å². The second-order valence-corrected chi connectivity index (χ2v) is 25.4. The highest BCUT2D eigenvalue weighted by molar-refractivity contribution is 14.0. The number of carbonyl (C=O) groups excluding carboxylic acids is 4. The number of alkyl halides is 3. The van der Waals surface area contributed by atoms with E-state index in [-0.39, 0.29) is 47.0 Å². The van der Waals surface area contributed by atoms with Crippen LogP contribution >= 0.6 is 24.0 Å². The van der Waals surface area contributed by atoms with Crippen molar-refractivity contribution in [3.05, 3.63) is 124 Å². The third-order valence-electron chi connectivity index (χ3n) is 12.8. The van der Waals surface area contributed by atoms with Gasteiger partial charge in [-0.1, -0.05) is 72.8 Å². The third kappa shape index (κ3) is 23.6. The summed E-state index contributed by atoms with van der Waals surface area (Å²) in [5.74, 6) is 2.16. The van der Waals surface area contributed by atoms with Crippen molar-refractivity contribution in [3.63, 3.8) is 0 Å². The number of nitrogens with zero attached hydrogens (tertiary/aromatic N) is 2. The molecule has 0 aliphatic rings. The fourth-order valence-electron chi connectivity index (χ4n) is 8.72. The number of benzene rings is 4. The summed E-state index contributed by atoms with van der Waals surface area (Å²) in [6.07, 6.45) is 7.95. The van der Waals surface area contributed by atoms with Gasteiger partial charge in [-0.25, -0.2) is 21.6 Å². The number of amides is 1. The van der Waals surface area contributed by atoms with Crippen LogP contribution in [-0.4, -0.2) is 103 Å². The highest BCUT2D eigenvalue weighted by Gasteiger charge is 2.32. The Morgan fingerprint density at radius 3 is 1.40 bits per heavy atom. The first-order valence-corrected chi connectivity index (χ1v) is 32.4. The van der Waals surface area contributed by atoms with Crippen molar-refractivity contribution in [3.8, 4) is 11.5 Å². The number of fused-ring (bicyclic) bond motifs is 2. The lowest BCUT2D eigenvalue weighted by Gasteiger charge is -2.25. The topological polar surface area (TPSA) is 197 Å². The Balaban J connectivity index is 0.000000419. The minimum atomic E-state index is -4.64. The smallest absolute Gasteiger partial charge is 0.446 e. The maximum atomic E-state index is 14.0. The summed E-state index contributed by atoms with van der Waals surface area (Å²) in [4.78, 5) is 51.7. The standard InChI is InChI=1S/C36H52N2O7S.C25H30O5S.C2HF3O.HI/c1-8-11-15-32-33(30-26-28(18-21-31(30)44-32)38(46(7,41)42)35(40)45-36(4,5)6)34(39)27-16-19-29(20-17-27)43-25-14-24-37(22-12-9-2)23-13-10-3;1-4-6-8-23-24(21-16-18(17-31(3,27)28)9-14-22(21)30-23)25(26)19-10-12-20(13-11-19)29-15-7-5-2;3-2(4,5)1-6;/h16-21,26H,8-15,22-25H2,1-7H3;9-14,16H,4-8,15,17H2,1-3H3;1H;1H. The number of sulfonamides is 1. The fraction of sp³-hybridized carbons (Fsp3) is 0.492. The van der Waals surface area contributed by atoms with Crippen molar-refractivity contribution >= 4 is 95.4 Å². The van der Waals surface area contributed by atoms with Crippen LogP contribution in [0.4, 0.5) is 23.7 Å². The molecule has 84 heavy (non-hydrogen) atoms. The summed E-state index contributed by atoms with van der Waals surface area (Å²) >= 11 is 0. The number of furan rings is 2. The van der Waals surface area contributed by atoms with Crippen LogP contribution in [0.5, 0.6) is 11.5 Å². The van der Waals surface area contributed by atoms with E-state index in [1.54, 1.807) is 81.4 Å². The van der Waals surface area contributed by atoms with Crippen molar-refractivity contribution in [1.82, 2.24) is 4.90 Å². The first-order valence-electron chi connectivity index (χ1n) is 28.5. The predicted octanol–water partition coefficient (Wildman–Crippen LogP) is 15.5. The zero-order chi connectivity index (χ0) is 61.5. The van der Waals surface area contributed by atoms with Crippen LogP contribution in [0.3, 0.4) is 0 Å². The molecule has 0 unspecified atom stereocenters. The minimum Gasteiger partial charge on any atom is -0.494 e. The molecule has 0 atom stereocenters. The number of unbranched alkanes of at least 4 members (excludes halogenated alkanes) is 5. The van der Waals surface area contributed by atoms with E-state index in [4.69, 9.17) is 27.8 Å². The third-order valence-corrected chi connectivity index (χ3v) is 14.7. The van der Waals surface area contributed by atoms with Crippen LogP contribution < -0.4 is 13.8 Å². The maximum absolute atomic E-state index is 14.0. The Bertz CT molecular complexity index is 3270. The summed E-state index contributed by atoms with van der Waals surface area (Å²) in [6, 6.07) is 24.1. The second-order valence-electron chi connectivity index (χ2n) is 21.4. The molecule has 464 valence electrons. The highest BCUT2D eigenvalue weighted by atomic mass is 127. The SMILES string of the molecule is CCCCOc1ccc(C(=O)c2c(CCCC)oc3ccc(CS(C)(=O)=O)cc23)cc1.CCCCc1oc2ccc(N(C(=O)OC(C)(C)C)S(C)(=O)=O)cc2c1C(=O)c1ccc(OCCCN(CCCC)CCCC)cc1.I.O=CC(F)(F)F. The predicted molar refractivity (Wildman–Crippen MR) is 336 cm³/mol. The van der Waals surface area contributed by atoms with Crippen molar-refractivity contribution in [2.24, 2.45) is 0 Å². The average molecular weight is 1330 g/mol. The van der Waals surface area contributed by atoms with Crippen molar-refractivity contribution in [1.29, 1.82) is 0 Å². The van der Waals surface area contributed by atoms with E-state index in [2.05, 4.69) is 39.5 Å². The van der Waals surface area contributed by atoms with E-state index in [1.165, 1.54) is 44.1 Å². The van der Waals surface area contributed by atoms with Gasteiger partial charge in [0, 0.05) is 47.5 Å². The number of carbonyl (C=O) groups is 4. The summed E-state index contributed by atoms with van der Waals surface area (Å²) in [7, 11) is -7.23. The van der Waals surface area contributed by atoms with Crippen LogP contribution in [-0.2, 0) is 48.0 Å². The molecular formula is C63H84F3IN2O13S2. The monoisotopic (exact) mass is 1320 g/mol. The molecule has 0 saturated carbocycles. The quantitative estimate of drug-likeness (QED) is 0.0186. The molecule has 0 radical (unpaired) electrons. The number of sulfone groups is 1. The molecule has 1 amide bonds. The van der Waals surface area contributed by atoms with Crippen LogP contribution in [0.15, 0.2) is 93.8 Å². The van der Waals surface area contributed by atoms with E-state index in [9.17, 15) is 44.4 Å². The van der Waals surface area contributed by atoms with Gasteiger partial charge in [-0.05, 0) is 157 Å². The first kappa shape index (κ1) is 72.5. The van der Waals surface area contributed by atoms with Crippen LogP contribution in [0, 0.1) is 0 Å². The number of hydrogen-bond donors (Lipinski definition) is 0. The van der Waals surface area contributed by atoms with E-state index in [0.717, 1.165) is 76.6 Å². The van der Waals surface area contributed by atoms with Gasteiger partial charge in [0.05, 0.1) is 42.0 Å². The highest BCUT2D eigenvalue weighted by Crippen LogP contribution is 2.35. The van der Waals surface area contributed by atoms with Gasteiger partial charge in [0.1, 0.15) is 39.8 Å². The molecule has 0 bridgehead atoms. The van der Waals surface area contributed by atoms with Crippen LogP contribution in [0.2, 0.25) is 0 Å². The van der Waals surface area contributed by atoms with Gasteiger partial charge in [0.15, 0.2) is 21.4 Å². The zero-order valence-electron chi connectivity index (χ0n) is 50.2. The lowest BCUT2D eigenvalue weighted by atomic mass is 9.97. The largest absolute Gasteiger partial charge is 0.494 e. The molecule has 0 aliphatic heterocycles. The maximum Gasteiger partial charge on any atom is 0.446 e. The van der Waals surface area contributed by atoms with Gasteiger partial charge in [-0.15, -0.1) is 24.0 Å².